The van der Waals surface area contributed by atoms with Gasteiger partial charge in [0, 0.05) is 22.6 Å². The maximum absolute atomic E-state index is 5.97. The molecule has 94 valence electrons. The van der Waals surface area contributed by atoms with E-state index in [4.69, 9.17) is 10.5 Å². The van der Waals surface area contributed by atoms with Crippen LogP contribution in [0.2, 0.25) is 0 Å². The topological polar surface area (TPSA) is 47.3 Å². The molecule has 1 aromatic carbocycles. The second-order valence-electron chi connectivity index (χ2n) is 4.48. The maximum atomic E-state index is 5.97. The number of ether oxygens (including phenoxy) is 1. The van der Waals surface area contributed by atoms with E-state index in [2.05, 4.69) is 40.9 Å². The Hall–Kier alpha value is -0.490. The van der Waals surface area contributed by atoms with Gasteiger partial charge in [0.05, 0.1) is 17.5 Å². The molecular weight excluding hydrogens is 327 g/mol. The standard InChI is InChI=1S/C13H19IN2O/c1-2-13-9(5-6-17-13)8-16-12-4-3-10(14)7-11(12)15/h3-4,7,9,13,16H,2,5-6,8,15H2,1H3. The van der Waals surface area contributed by atoms with Crippen molar-refractivity contribution in [3.05, 3.63) is 21.8 Å². The lowest BCUT2D eigenvalue weighted by Crippen LogP contribution is -2.23. The van der Waals surface area contributed by atoms with E-state index in [9.17, 15) is 0 Å². The summed E-state index contributed by atoms with van der Waals surface area (Å²) in [6, 6.07) is 6.11. The first-order valence-corrected chi connectivity index (χ1v) is 7.19. The van der Waals surface area contributed by atoms with Gasteiger partial charge in [-0.25, -0.2) is 0 Å². The molecule has 1 aliphatic rings. The van der Waals surface area contributed by atoms with Crippen molar-refractivity contribution < 1.29 is 4.74 Å². The molecule has 1 saturated heterocycles. The van der Waals surface area contributed by atoms with Crippen molar-refractivity contribution in [2.24, 2.45) is 5.92 Å². The van der Waals surface area contributed by atoms with Crippen LogP contribution in [0.5, 0.6) is 0 Å². The first-order valence-electron chi connectivity index (χ1n) is 6.11. The Labute approximate surface area is 116 Å². The zero-order chi connectivity index (χ0) is 12.3. The van der Waals surface area contributed by atoms with Gasteiger partial charge in [-0.15, -0.1) is 0 Å². The van der Waals surface area contributed by atoms with Crippen molar-refractivity contribution in [2.75, 3.05) is 24.2 Å². The van der Waals surface area contributed by atoms with Crippen LogP contribution in [-0.2, 0) is 4.74 Å². The van der Waals surface area contributed by atoms with Gasteiger partial charge in [0.1, 0.15) is 0 Å². The van der Waals surface area contributed by atoms with Gasteiger partial charge in [-0.05, 0) is 53.6 Å². The highest BCUT2D eigenvalue weighted by Gasteiger charge is 2.26. The van der Waals surface area contributed by atoms with Gasteiger partial charge in [0.25, 0.3) is 0 Å². The third kappa shape index (κ3) is 3.25. The number of nitrogens with two attached hydrogens (primary N) is 1. The zero-order valence-electron chi connectivity index (χ0n) is 10.1. The van der Waals surface area contributed by atoms with Crippen LogP contribution in [0.3, 0.4) is 0 Å². The third-order valence-corrected chi connectivity index (χ3v) is 3.99. The van der Waals surface area contributed by atoms with E-state index in [0.717, 1.165) is 37.4 Å². The second kappa shape index (κ2) is 5.91. The van der Waals surface area contributed by atoms with Crippen LogP contribution in [0, 0.1) is 9.49 Å². The van der Waals surface area contributed by atoms with Crippen molar-refractivity contribution in [1.29, 1.82) is 0 Å². The van der Waals surface area contributed by atoms with E-state index in [0.29, 0.717) is 12.0 Å². The molecule has 0 aliphatic carbocycles. The summed E-state index contributed by atoms with van der Waals surface area (Å²) in [7, 11) is 0. The monoisotopic (exact) mass is 346 g/mol. The van der Waals surface area contributed by atoms with Gasteiger partial charge in [0.2, 0.25) is 0 Å². The van der Waals surface area contributed by atoms with Crippen LogP contribution in [0.1, 0.15) is 19.8 Å². The molecule has 1 fully saturated rings. The lowest BCUT2D eigenvalue weighted by atomic mass is 9.99. The van der Waals surface area contributed by atoms with Crippen LogP contribution in [0.4, 0.5) is 11.4 Å². The Morgan fingerprint density at radius 1 is 1.53 bits per heavy atom. The van der Waals surface area contributed by atoms with Gasteiger partial charge in [0.15, 0.2) is 0 Å². The molecule has 3 N–H and O–H groups in total. The predicted octanol–water partition coefficient (Wildman–Crippen LogP) is 3.10. The predicted molar refractivity (Wildman–Crippen MR) is 80.2 cm³/mol. The number of hydrogen-bond acceptors (Lipinski definition) is 3. The van der Waals surface area contributed by atoms with Crippen LogP contribution < -0.4 is 11.1 Å². The Balaban J connectivity index is 1.93. The summed E-state index contributed by atoms with van der Waals surface area (Å²) in [5.74, 6) is 0.610. The lowest BCUT2D eigenvalue weighted by Gasteiger charge is -2.18. The van der Waals surface area contributed by atoms with Gasteiger partial charge < -0.3 is 15.8 Å². The molecule has 0 saturated carbocycles. The molecule has 0 radical (unpaired) electrons. The quantitative estimate of drug-likeness (QED) is 0.651. The van der Waals surface area contributed by atoms with Crippen molar-refractivity contribution in [1.82, 2.24) is 0 Å². The molecule has 0 spiro atoms. The molecule has 1 aliphatic heterocycles. The number of hydrogen-bond donors (Lipinski definition) is 2. The van der Waals surface area contributed by atoms with Crippen molar-refractivity contribution >= 4 is 34.0 Å². The summed E-state index contributed by atoms with van der Waals surface area (Å²) in [6.07, 6.45) is 2.65. The number of nitrogen functional groups attached to an aromatic ring is 1. The minimum absolute atomic E-state index is 0.410. The fourth-order valence-corrected chi connectivity index (χ4v) is 2.83. The number of nitrogens with one attached hydrogen (secondary N) is 1. The van der Waals surface area contributed by atoms with Crippen LogP contribution in [0.15, 0.2) is 18.2 Å². The summed E-state index contributed by atoms with van der Waals surface area (Å²) in [4.78, 5) is 0. The van der Waals surface area contributed by atoms with E-state index in [-0.39, 0.29) is 0 Å². The van der Waals surface area contributed by atoms with Crippen LogP contribution in [-0.4, -0.2) is 19.3 Å². The van der Waals surface area contributed by atoms with Crippen LogP contribution >= 0.6 is 22.6 Å². The maximum Gasteiger partial charge on any atom is 0.0618 e. The highest BCUT2D eigenvalue weighted by atomic mass is 127. The smallest absolute Gasteiger partial charge is 0.0618 e. The fraction of sp³-hybridized carbons (Fsp3) is 0.538. The molecule has 1 aromatic rings. The van der Waals surface area contributed by atoms with E-state index in [1.54, 1.807) is 0 Å². The van der Waals surface area contributed by atoms with E-state index < -0.39 is 0 Å². The summed E-state index contributed by atoms with van der Waals surface area (Å²) < 4.78 is 6.85. The number of anilines is 2. The summed E-state index contributed by atoms with van der Waals surface area (Å²) in [5.41, 5.74) is 7.83. The molecule has 3 nitrogen and oxygen atoms in total. The van der Waals surface area contributed by atoms with E-state index >= 15 is 0 Å². The fourth-order valence-electron chi connectivity index (χ4n) is 2.31. The minimum atomic E-state index is 0.410. The molecule has 4 heteroatoms. The Kier molecular flexibility index (Phi) is 4.50. The Morgan fingerprint density at radius 2 is 2.35 bits per heavy atom. The molecular formula is C13H19IN2O. The molecule has 0 bridgehead atoms. The first-order chi connectivity index (χ1) is 8.20. The molecule has 2 atom stereocenters. The molecule has 1 heterocycles. The van der Waals surface area contributed by atoms with Crippen molar-refractivity contribution in [2.45, 2.75) is 25.9 Å². The van der Waals surface area contributed by atoms with E-state index in [1.807, 2.05) is 12.1 Å². The lowest BCUT2D eigenvalue weighted by molar-refractivity contribution is 0.0900. The molecule has 2 rings (SSSR count). The summed E-state index contributed by atoms with van der Waals surface area (Å²) >= 11 is 2.27. The largest absolute Gasteiger partial charge is 0.397 e. The number of rotatable bonds is 4. The van der Waals surface area contributed by atoms with Gasteiger partial charge in [-0.1, -0.05) is 6.92 Å². The Bertz CT molecular complexity index is 384. The average Bonchev–Trinajstić information content (AvgIpc) is 2.75. The minimum Gasteiger partial charge on any atom is -0.397 e. The normalized spacial score (nSPS) is 23.9. The highest BCUT2D eigenvalue weighted by Crippen LogP contribution is 2.26. The molecule has 0 aromatic heterocycles. The summed E-state index contributed by atoms with van der Waals surface area (Å²) in [6.45, 7) is 4.03. The number of halogens is 1. The zero-order valence-corrected chi connectivity index (χ0v) is 12.2. The van der Waals surface area contributed by atoms with E-state index in [1.165, 1.54) is 3.57 Å². The third-order valence-electron chi connectivity index (χ3n) is 3.32. The molecule has 2 unspecified atom stereocenters. The Morgan fingerprint density at radius 3 is 3.06 bits per heavy atom. The van der Waals surface area contributed by atoms with Gasteiger partial charge in [-0.2, -0.15) is 0 Å². The highest BCUT2D eigenvalue weighted by molar-refractivity contribution is 14.1. The van der Waals surface area contributed by atoms with Crippen molar-refractivity contribution in [3.8, 4) is 0 Å². The van der Waals surface area contributed by atoms with Gasteiger partial charge >= 0.3 is 0 Å². The molecule has 17 heavy (non-hydrogen) atoms. The van der Waals surface area contributed by atoms with Crippen molar-refractivity contribution in [3.63, 3.8) is 0 Å². The van der Waals surface area contributed by atoms with Gasteiger partial charge in [-0.3, -0.25) is 0 Å². The number of benzene rings is 1. The first kappa shape index (κ1) is 13.0. The van der Waals surface area contributed by atoms with Crippen LogP contribution in [0.25, 0.3) is 0 Å². The summed E-state index contributed by atoms with van der Waals surface area (Å²) in [5, 5.41) is 3.44. The SMILES string of the molecule is CCC1OCCC1CNc1ccc(I)cc1N. The average molecular weight is 346 g/mol. The molecule has 0 amide bonds. The second-order valence-corrected chi connectivity index (χ2v) is 5.72.